The van der Waals surface area contributed by atoms with Crippen LogP contribution in [0.5, 0.6) is 0 Å². The summed E-state index contributed by atoms with van der Waals surface area (Å²) >= 11 is 3.30. The van der Waals surface area contributed by atoms with Gasteiger partial charge in [-0.25, -0.2) is 4.79 Å². The standard InChI is InChI=1S/C4H5NO2S/c5-2-1-3-7-4(6)8/h1,3H2,(H,6,8). The molecule has 0 saturated heterocycles. The number of carbonyl (C=O) groups is 1. The van der Waals surface area contributed by atoms with Crippen molar-refractivity contribution in [2.45, 2.75) is 6.42 Å². The van der Waals surface area contributed by atoms with E-state index in [1.165, 1.54) is 0 Å². The van der Waals surface area contributed by atoms with Crippen molar-refractivity contribution in [3.8, 4) is 6.07 Å². The van der Waals surface area contributed by atoms with E-state index >= 15 is 0 Å². The molecule has 4 heteroatoms. The lowest BCUT2D eigenvalue weighted by Crippen LogP contribution is -1.94. The smallest absolute Gasteiger partial charge is 0.364 e. The summed E-state index contributed by atoms with van der Waals surface area (Å²) in [6.07, 6.45) is 0.228. The van der Waals surface area contributed by atoms with E-state index in [1.54, 1.807) is 0 Å². The molecule has 44 valence electrons. The minimum absolute atomic E-state index is 0.138. The molecule has 0 aliphatic rings. The number of hydrogen-bond donors (Lipinski definition) is 1. The Morgan fingerprint density at radius 1 is 1.88 bits per heavy atom. The number of thiol groups is 1. The van der Waals surface area contributed by atoms with Crippen molar-refractivity contribution in [2.24, 2.45) is 0 Å². The average Bonchev–Trinajstić information content (AvgIpc) is 1.66. The Morgan fingerprint density at radius 3 is 2.88 bits per heavy atom. The first-order valence-electron chi connectivity index (χ1n) is 2.00. The minimum atomic E-state index is -0.639. The van der Waals surface area contributed by atoms with E-state index in [0.29, 0.717) is 0 Å². The fraction of sp³-hybridized carbons (Fsp3) is 0.500. The molecule has 0 aliphatic carbocycles. The van der Waals surface area contributed by atoms with Gasteiger partial charge in [-0.15, -0.1) is 0 Å². The first-order chi connectivity index (χ1) is 3.77. The summed E-state index contributed by atoms with van der Waals surface area (Å²) in [5.74, 6) is 0. The lowest BCUT2D eigenvalue weighted by molar-refractivity contribution is 0.178. The fourth-order valence-corrected chi connectivity index (χ4v) is 0.275. The topological polar surface area (TPSA) is 50.1 Å². The molecule has 0 fully saturated rings. The van der Waals surface area contributed by atoms with Crippen LogP contribution in [0.4, 0.5) is 4.79 Å². The number of carbonyl (C=O) groups excluding carboxylic acids is 1. The third-order valence-corrected chi connectivity index (χ3v) is 0.569. The summed E-state index contributed by atoms with van der Waals surface area (Å²) in [5.41, 5.74) is 0. The quantitative estimate of drug-likeness (QED) is 0.345. The van der Waals surface area contributed by atoms with Gasteiger partial charge in [-0.2, -0.15) is 5.26 Å². The summed E-state index contributed by atoms with van der Waals surface area (Å²) in [7, 11) is 0. The second-order valence-electron chi connectivity index (χ2n) is 1.02. The first kappa shape index (κ1) is 7.31. The van der Waals surface area contributed by atoms with Crippen molar-refractivity contribution in [3.63, 3.8) is 0 Å². The van der Waals surface area contributed by atoms with Gasteiger partial charge in [0.1, 0.15) is 6.61 Å². The lowest BCUT2D eigenvalue weighted by atomic mass is 10.5. The van der Waals surface area contributed by atoms with Gasteiger partial charge in [-0.05, 0) is 0 Å². The second kappa shape index (κ2) is 4.47. The monoisotopic (exact) mass is 131 g/mol. The molecule has 0 aromatic carbocycles. The van der Waals surface area contributed by atoms with Crippen LogP contribution in [0.15, 0.2) is 0 Å². The molecule has 0 heterocycles. The number of nitrogens with zero attached hydrogens (tertiary/aromatic N) is 1. The molecule has 0 amide bonds. The number of nitriles is 1. The Balaban J connectivity index is 2.97. The summed E-state index contributed by atoms with van der Waals surface area (Å²) in [5, 5.41) is 7.27. The molecule has 0 saturated carbocycles. The van der Waals surface area contributed by atoms with Crippen molar-refractivity contribution in [3.05, 3.63) is 0 Å². The van der Waals surface area contributed by atoms with Gasteiger partial charge in [0.2, 0.25) is 0 Å². The van der Waals surface area contributed by atoms with Crippen molar-refractivity contribution in [1.29, 1.82) is 5.26 Å². The van der Waals surface area contributed by atoms with Crippen LogP contribution < -0.4 is 0 Å². The van der Waals surface area contributed by atoms with Gasteiger partial charge in [0.25, 0.3) is 0 Å². The molecular weight excluding hydrogens is 126 g/mol. The van der Waals surface area contributed by atoms with Crippen molar-refractivity contribution in [2.75, 3.05) is 6.61 Å². The average molecular weight is 131 g/mol. The first-order valence-corrected chi connectivity index (χ1v) is 2.44. The fourth-order valence-electron chi connectivity index (χ4n) is 0.184. The van der Waals surface area contributed by atoms with Crippen LogP contribution in [-0.4, -0.2) is 11.9 Å². The number of hydrogen-bond acceptors (Lipinski definition) is 3. The van der Waals surface area contributed by atoms with Crippen LogP contribution in [0, 0.1) is 11.3 Å². The zero-order chi connectivity index (χ0) is 6.41. The summed E-state index contributed by atoms with van der Waals surface area (Å²) < 4.78 is 4.29. The van der Waals surface area contributed by atoms with Gasteiger partial charge in [0.15, 0.2) is 0 Å². The molecule has 0 atom stereocenters. The zero-order valence-corrected chi connectivity index (χ0v) is 5.02. The van der Waals surface area contributed by atoms with Crippen molar-refractivity contribution in [1.82, 2.24) is 0 Å². The van der Waals surface area contributed by atoms with E-state index in [2.05, 4.69) is 17.4 Å². The van der Waals surface area contributed by atoms with Gasteiger partial charge in [0.05, 0.1) is 12.5 Å². The maximum Gasteiger partial charge on any atom is 0.364 e. The number of rotatable bonds is 2. The van der Waals surface area contributed by atoms with Crippen LogP contribution in [0.2, 0.25) is 0 Å². The molecule has 0 unspecified atom stereocenters. The van der Waals surface area contributed by atoms with Gasteiger partial charge < -0.3 is 4.74 Å². The lowest BCUT2D eigenvalue weighted by Gasteiger charge is -1.91. The highest BCUT2D eigenvalue weighted by atomic mass is 32.1. The highest BCUT2D eigenvalue weighted by molar-refractivity contribution is 7.96. The third-order valence-electron chi connectivity index (χ3n) is 0.439. The predicted octanol–water partition coefficient (Wildman–Crippen LogP) is 0.966. The van der Waals surface area contributed by atoms with E-state index < -0.39 is 5.30 Å². The predicted molar refractivity (Wildman–Crippen MR) is 30.6 cm³/mol. The molecule has 0 radical (unpaired) electrons. The van der Waals surface area contributed by atoms with Crippen LogP contribution in [0.1, 0.15) is 6.42 Å². The maximum atomic E-state index is 9.85. The molecule has 3 nitrogen and oxygen atoms in total. The Kier molecular flexibility index (Phi) is 4.08. The molecule has 0 aromatic heterocycles. The Bertz CT molecular complexity index is 118. The van der Waals surface area contributed by atoms with Crippen LogP contribution in [0.3, 0.4) is 0 Å². The Labute approximate surface area is 52.7 Å². The Morgan fingerprint density at radius 2 is 2.50 bits per heavy atom. The van der Waals surface area contributed by atoms with Gasteiger partial charge in [-0.1, -0.05) is 12.6 Å². The highest BCUT2D eigenvalue weighted by Crippen LogP contribution is 1.86. The van der Waals surface area contributed by atoms with Gasteiger partial charge in [-0.3, -0.25) is 0 Å². The summed E-state index contributed by atoms with van der Waals surface area (Å²) in [6.45, 7) is 0.138. The molecular formula is C4H5NO2S. The molecule has 0 rings (SSSR count). The minimum Gasteiger partial charge on any atom is -0.457 e. The normalized spacial score (nSPS) is 7.50. The third kappa shape index (κ3) is 5.31. The van der Waals surface area contributed by atoms with Crippen molar-refractivity contribution < 1.29 is 9.53 Å². The van der Waals surface area contributed by atoms with Gasteiger partial charge in [0, 0.05) is 0 Å². The van der Waals surface area contributed by atoms with E-state index in [1.807, 2.05) is 6.07 Å². The molecule has 0 N–H and O–H groups in total. The highest BCUT2D eigenvalue weighted by Gasteiger charge is 1.89. The van der Waals surface area contributed by atoms with Crippen molar-refractivity contribution >= 4 is 17.9 Å². The molecule has 0 bridgehead atoms. The molecule has 8 heavy (non-hydrogen) atoms. The Hall–Kier alpha value is -0.690. The van der Waals surface area contributed by atoms with E-state index in [0.717, 1.165) is 0 Å². The van der Waals surface area contributed by atoms with Gasteiger partial charge >= 0.3 is 5.30 Å². The molecule has 0 aliphatic heterocycles. The second-order valence-corrected chi connectivity index (χ2v) is 1.39. The largest absolute Gasteiger partial charge is 0.457 e. The van der Waals surface area contributed by atoms with E-state index in [9.17, 15) is 4.79 Å². The number of ether oxygens (including phenoxy) is 1. The maximum absolute atomic E-state index is 9.85. The summed E-state index contributed by atoms with van der Waals surface area (Å²) in [6, 6.07) is 1.81. The molecule has 0 spiro atoms. The van der Waals surface area contributed by atoms with E-state index in [-0.39, 0.29) is 13.0 Å². The van der Waals surface area contributed by atoms with Crippen LogP contribution in [0.25, 0.3) is 0 Å². The SMILES string of the molecule is N#CCCOC(=O)S. The van der Waals surface area contributed by atoms with Crippen LogP contribution in [-0.2, 0) is 4.74 Å². The zero-order valence-electron chi connectivity index (χ0n) is 4.13. The van der Waals surface area contributed by atoms with E-state index in [4.69, 9.17) is 5.26 Å². The molecule has 0 aromatic rings. The summed E-state index contributed by atoms with van der Waals surface area (Å²) in [4.78, 5) is 9.85. The van der Waals surface area contributed by atoms with Crippen LogP contribution >= 0.6 is 12.6 Å².